The number of ether oxygens (including phenoxy) is 2. The molecule has 3 aromatic carbocycles. The number of hydrazine groups is 1. The Labute approximate surface area is 183 Å². The average Bonchev–Trinajstić information content (AvgIpc) is 2.79. The second kappa shape index (κ2) is 10.1. The van der Waals surface area contributed by atoms with Crippen LogP contribution in [0.1, 0.15) is 27.6 Å². The lowest BCUT2D eigenvalue weighted by atomic mass is 10.2. The lowest BCUT2D eigenvalue weighted by Crippen LogP contribution is -2.47. The molecule has 0 fully saturated rings. The zero-order valence-electron chi connectivity index (χ0n) is 17.0. The molecule has 3 amide bonds. The maximum absolute atomic E-state index is 12.9. The fourth-order valence-electron chi connectivity index (χ4n) is 2.56. The van der Waals surface area contributed by atoms with Crippen LogP contribution < -0.4 is 26.1 Å². The van der Waals surface area contributed by atoms with Crippen molar-refractivity contribution in [3.63, 3.8) is 0 Å². The number of hydrogen-bond acceptors (Lipinski definition) is 5. The number of benzene rings is 3. The molecule has 0 aliphatic carbocycles. The first kappa shape index (κ1) is 22.3. The summed E-state index contributed by atoms with van der Waals surface area (Å²) in [4.78, 5) is 35.4. The van der Waals surface area contributed by atoms with Gasteiger partial charge < -0.3 is 15.2 Å². The molecular formula is C23H20FN3O5. The summed E-state index contributed by atoms with van der Waals surface area (Å²) in [5.41, 5.74) is 10.4. The van der Waals surface area contributed by atoms with Crippen LogP contribution in [0.5, 0.6) is 17.2 Å². The van der Waals surface area contributed by atoms with Crippen molar-refractivity contribution in [1.82, 2.24) is 10.9 Å². The largest absolute Gasteiger partial charge is 0.481 e. The lowest BCUT2D eigenvalue weighted by molar-refractivity contribution is -0.128. The van der Waals surface area contributed by atoms with E-state index in [4.69, 9.17) is 15.2 Å². The van der Waals surface area contributed by atoms with Crippen molar-refractivity contribution in [3.8, 4) is 17.2 Å². The molecule has 4 N–H and O–H groups in total. The monoisotopic (exact) mass is 437 g/mol. The minimum atomic E-state index is -0.919. The Bertz CT molecular complexity index is 1100. The lowest BCUT2D eigenvalue weighted by Gasteiger charge is -2.15. The number of rotatable bonds is 7. The molecule has 0 heterocycles. The molecule has 3 rings (SSSR count). The predicted molar refractivity (Wildman–Crippen MR) is 114 cm³/mol. The van der Waals surface area contributed by atoms with E-state index in [9.17, 15) is 18.8 Å². The van der Waals surface area contributed by atoms with Crippen LogP contribution in [-0.4, -0.2) is 23.8 Å². The van der Waals surface area contributed by atoms with Gasteiger partial charge in [0.2, 0.25) is 5.91 Å². The van der Waals surface area contributed by atoms with E-state index in [0.717, 1.165) is 0 Å². The molecule has 8 nitrogen and oxygen atoms in total. The molecule has 0 saturated carbocycles. The fraction of sp³-hybridized carbons (Fsp3) is 0.0870. The fourth-order valence-corrected chi connectivity index (χ4v) is 2.56. The Hall–Kier alpha value is -4.40. The molecule has 1 unspecified atom stereocenters. The van der Waals surface area contributed by atoms with Crippen LogP contribution in [0.3, 0.4) is 0 Å². The van der Waals surface area contributed by atoms with Crippen molar-refractivity contribution in [2.45, 2.75) is 13.0 Å². The van der Waals surface area contributed by atoms with Gasteiger partial charge in [-0.1, -0.05) is 0 Å². The van der Waals surface area contributed by atoms with Crippen LogP contribution in [0.2, 0.25) is 0 Å². The highest BCUT2D eigenvalue weighted by atomic mass is 19.1. The van der Waals surface area contributed by atoms with Crippen molar-refractivity contribution in [2.75, 3.05) is 0 Å². The summed E-state index contributed by atoms with van der Waals surface area (Å²) in [7, 11) is 0. The maximum Gasteiger partial charge on any atom is 0.279 e. The van der Waals surface area contributed by atoms with Gasteiger partial charge in [0.05, 0.1) is 0 Å². The number of primary amides is 1. The van der Waals surface area contributed by atoms with E-state index in [0.29, 0.717) is 22.8 Å². The van der Waals surface area contributed by atoms with Crippen LogP contribution in [0, 0.1) is 5.82 Å². The topological polar surface area (TPSA) is 120 Å². The van der Waals surface area contributed by atoms with E-state index in [2.05, 4.69) is 10.9 Å². The molecule has 3 aromatic rings. The van der Waals surface area contributed by atoms with Crippen molar-refractivity contribution in [3.05, 3.63) is 89.7 Å². The Balaban J connectivity index is 1.50. The first-order valence-corrected chi connectivity index (χ1v) is 9.52. The van der Waals surface area contributed by atoms with E-state index in [1.807, 2.05) is 0 Å². The summed E-state index contributed by atoms with van der Waals surface area (Å²) >= 11 is 0. The maximum atomic E-state index is 12.9. The Morgan fingerprint density at radius 3 is 1.81 bits per heavy atom. The summed E-state index contributed by atoms with van der Waals surface area (Å²) in [5, 5.41) is 0. The molecule has 0 aliphatic heterocycles. The predicted octanol–water partition coefficient (Wildman–Crippen LogP) is 2.95. The van der Waals surface area contributed by atoms with Gasteiger partial charge in [-0.2, -0.15) is 0 Å². The number of nitrogens with two attached hydrogens (primary N) is 1. The van der Waals surface area contributed by atoms with Gasteiger partial charge >= 0.3 is 0 Å². The summed E-state index contributed by atoms with van der Waals surface area (Å²) in [5.74, 6) is -0.783. The Kier molecular flexibility index (Phi) is 7.02. The van der Waals surface area contributed by atoms with E-state index in [1.165, 1.54) is 43.3 Å². The zero-order valence-corrected chi connectivity index (χ0v) is 17.0. The van der Waals surface area contributed by atoms with E-state index in [1.54, 1.807) is 36.4 Å². The molecule has 0 bridgehead atoms. The number of halogens is 1. The second-order valence-electron chi connectivity index (χ2n) is 6.67. The summed E-state index contributed by atoms with van der Waals surface area (Å²) in [6.07, 6.45) is -0.919. The average molecular weight is 437 g/mol. The highest BCUT2D eigenvalue weighted by molar-refractivity contribution is 5.96. The second-order valence-corrected chi connectivity index (χ2v) is 6.67. The van der Waals surface area contributed by atoms with Crippen LogP contribution >= 0.6 is 0 Å². The van der Waals surface area contributed by atoms with Gasteiger partial charge in [0.1, 0.15) is 23.1 Å². The summed E-state index contributed by atoms with van der Waals surface area (Å²) in [6, 6.07) is 17.7. The summed E-state index contributed by atoms with van der Waals surface area (Å²) < 4.78 is 24.0. The summed E-state index contributed by atoms with van der Waals surface area (Å²) in [6.45, 7) is 1.49. The standard InChI is InChI=1S/C23H20FN3O5/c1-14(31-18-12-6-17(24)7-13-18)22(29)26-27-23(30)16-4-10-20(11-5-16)32-19-8-2-15(3-9-19)21(25)28/h2-14H,1H3,(H2,25,28)(H,26,29)(H,27,30). The number of hydrogen-bond donors (Lipinski definition) is 3. The normalized spacial score (nSPS) is 11.2. The van der Waals surface area contributed by atoms with Gasteiger partial charge in [0.25, 0.3) is 11.8 Å². The van der Waals surface area contributed by atoms with E-state index >= 15 is 0 Å². The molecule has 1 atom stereocenters. The van der Waals surface area contributed by atoms with Crippen molar-refractivity contribution in [1.29, 1.82) is 0 Å². The van der Waals surface area contributed by atoms with Gasteiger partial charge in [-0.05, 0) is 79.7 Å². The molecule has 164 valence electrons. The molecule has 0 radical (unpaired) electrons. The van der Waals surface area contributed by atoms with Gasteiger partial charge in [0, 0.05) is 11.1 Å². The third-order valence-electron chi connectivity index (χ3n) is 4.29. The molecule has 0 aliphatic rings. The number of carbonyl (C=O) groups excluding carboxylic acids is 3. The molecule has 9 heteroatoms. The molecule has 0 aromatic heterocycles. The van der Waals surface area contributed by atoms with Gasteiger partial charge in [-0.15, -0.1) is 0 Å². The third kappa shape index (κ3) is 6.05. The smallest absolute Gasteiger partial charge is 0.279 e. The molecule has 32 heavy (non-hydrogen) atoms. The first-order valence-electron chi connectivity index (χ1n) is 9.52. The zero-order chi connectivity index (χ0) is 23.1. The molecule has 0 spiro atoms. The van der Waals surface area contributed by atoms with Gasteiger partial charge in [0.15, 0.2) is 6.10 Å². The van der Waals surface area contributed by atoms with Crippen molar-refractivity contribution < 1.29 is 28.2 Å². The quantitative estimate of drug-likeness (QED) is 0.491. The third-order valence-corrected chi connectivity index (χ3v) is 4.29. The van der Waals surface area contributed by atoms with Crippen molar-refractivity contribution >= 4 is 17.7 Å². The number of nitrogens with one attached hydrogen (secondary N) is 2. The van der Waals surface area contributed by atoms with Crippen LogP contribution in [0.25, 0.3) is 0 Å². The van der Waals surface area contributed by atoms with E-state index < -0.39 is 29.6 Å². The minimum Gasteiger partial charge on any atom is -0.481 e. The van der Waals surface area contributed by atoms with Gasteiger partial charge in [-0.3, -0.25) is 25.2 Å². The highest BCUT2D eigenvalue weighted by Gasteiger charge is 2.16. The van der Waals surface area contributed by atoms with Gasteiger partial charge in [-0.25, -0.2) is 4.39 Å². The Morgan fingerprint density at radius 2 is 1.28 bits per heavy atom. The molecular weight excluding hydrogens is 417 g/mol. The number of amides is 3. The SMILES string of the molecule is CC(Oc1ccc(F)cc1)C(=O)NNC(=O)c1ccc(Oc2ccc(C(N)=O)cc2)cc1. The minimum absolute atomic E-state index is 0.286. The van der Waals surface area contributed by atoms with Crippen LogP contribution in [0.4, 0.5) is 4.39 Å². The first-order chi connectivity index (χ1) is 15.3. The van der Waals surface area contributed by atoms with Crippen LogP contribution in [0.15, 0.2) is 72.8 Å². The number of carbonyl (C=O) groups is 3. The Morgan fingerprint density at radius 1 is 0.781 bits per heavy atom. The van der Waals surface area contributed by atoms with E-state index in [-0.39, 0.29) is 5.56 Å². The highest BCUT2D eigenvalue weighted by Crippen LogP contribution is 2.22. The van der Waals surface area contributed by atoms with Crippen molar-refractivity contribution in [2.24, 2.45) is 5.73 Å². The molecule has 0 saturated heterocycles. The van der Waals surface area contributed by atoms with Crippen LogP contribution in [-0.2, 0) is 4.79 Å².